The molecule has 6 heteroatoms. The van der Waals surface area contributed by atoms with Crippen molar-refractivity contribution in [1.29, 1.82) is 0 Å². The van der Waals surface area contributed by atoms with E-state index in [2.05, 4.69) is 20.7 Å². The predicted octanol–water partition coefficient (Wildman–Crippen LogP) is 2.54. The van der Waals surface area contributed by atoms with Crippen LogP contribution in [0.25, 0.3) is 0 Å². The number of pyridine rings is 1. The molecule has 2 heterocycles. The molecule has 0 fully saturated rings. The van der Waals surface area contributed by atoms with E-state index < -0.39 is 0 Å². The van der Waals surface area contributed by atoms with Gasteiger partial charge in [0.25, 0.3) is 5.91 Å². The van der Waals surface area contributed by atoms with Crippen LogP contribution in [-0.4, -0.2) is 27.2 Å². The summed E-state index contributed by atoms with van der Waals surface area (Å²) in [5, 5.41) is 10.1. The maximum atomic E-state index is 12.0. The third kappa shape index (κ3) is 3.34. The van der Waals surface area contributed by atoms with Gasteiger partial charge in [0.15, 0.2) is 0 Å². The summed E-state index contributed by atoms with van der Waals surface area (Å²) in [7, 11) is 0. The molecular weight excluding hydrogens is 254 g/mol. The Kier molecular flexibility index (Phi) is 4.34. The lowest BCUT2D eigenvalue weighted by molar-refractivity contribution is 0.102. The zero-order valence-corrected chi connectivity index (χ0v) is 11.9. The predicted molar refractivity (Wildman–Crippen MR) is 79.0 cm³/mol. The minimum absolute atomic E-state index is 0.239. The van der Waals surface area contributed by atoms with Crippen LogP contribution in [-0.2, 0) is 0 Å². The molecule has 0 saturated heterocycles. The second-order valence-electron chi connectivity index (χ2n) is 4.72. The molecule has 0 aliphatic heterocycles. The molecule has 0 saturated carbocycles. The van der Waals surface area contributed by atoms with Gasteiger partial charge >= 0.3 is 0 Å². The average molecular weight is 273 g/mol. The maximum absolute atomic E-state index is 12.0. The highest BCUT2D eigenvalue weighted by atomic mass is 16.1. The zero-order chi connectivity index (χ0) is 14.5. The fourth-order valence-corrected chi connectivity index (χ4v) is 1.72. The molecule has 0 spiro atoms. The second kappa shape index (κ2) is 6.18. The summed E-state index contributed by atoms with van der Waals surface area (Å²) in [6.45, 7) is 6.88. The van der Waals surface area contributed by atoms with Gasteiger partial charge in [0.05, 0.1) is 23.8 Å². The fraction of sp³-hybridized carbons (Fsp3) is 0.357. The monoisotopic (exact) mass is 273 g/mol. The number of hydrogen-bond donors (Lipinski definition) is 2. The summed E-state index contributed by atoms with van der Waals surface area (Å²) >= 11 is 0. The highest BCUT2D eigenvalue weighted by molar-refractivity contribution is 6.02. The Morgan fingerprint density at radius 2 is 2.10 bits per heavy atom. The van der Waals surface area contributed by atoms with Crippen LogP contribution in [0.4, 0.5) is 11.4 Å². The van der Waals surface area contributed by atoms with E-state index in [-0.39, 0.29) is 11.9 Å². The van der Waals surface area contributed by atoms with Crippen LogP contribution in [0.2, 0.25) is 0 Å². The first-order valence-corrected chi connectivity index (χ1v) is 6.65. The first-order chi connectivity index (χ1) is 9.60. The molecule has 2 N–H and O–H groups in total. The van der Waals surface area contributed by atoms with Crippen molar-refractivity contribution in [2.75, 3.05) is 17.2 Å². The Bertz CT molecular complexity index is 574. The molecule has 0 aromatic carbocycles. The lowest BCUT2D eigenvalue weighted by Crippen LogP contribution is -2.13. The SMILES string of the molecule is CCNc1ccc(C(=O)Nc2cnn(C(C)C)c2)nc1. The van der Waals surface area contributed by atoms with Crippen molar-refractivity contribution in [2.24, 2.45) is 0 Å². The quantitative estimate of drug-likeness (QED) is 0.878. The van der Waals surface area contributed by atoms with Gasteiger partial charge in [-0.3, -0.25) is 9.48 Å². The van der Waals surface area contributed by atoms with Crippen molar-refractivity contribution < 1.29 is 4.79 Å². The van der Waals surface area contributed by atoms with Crippen LogP contribution in [0, 0.1) is 0 Å². The molecule has 0 bridgehead atoms. The van der Waals surface area contributed by atoms with E-state index in [1.54, 1.807) is 29.3 Å². The Balaban J connectivity index is 2.03. The molecule has 0 atom stereocenters. The summed E-state index contributed by atoms with van der Waals surface area (Å²) < 4.78 is 1.79. The van der Waals surface area contributed by atoms with Crippen molar-refractivity contribution in [1.82, 2.24) is 14.8 Å². The summed E-state index contributed by atoms with van der Waals surface area (Å²) in [6, 6.07) is 3.79. The van der Waals surface area contributed by atoms with Crippen LogP contribution in [0.15, 0.2) is 30.7 Å². The number of carbonyl (C=O) groups excluding carboxylic acids is 1. The van der Waals surface area contributed by atoms with Crippen molar-refractivity contribution in [3.05, 3.63) is 36.4 Å². The largest absolute Gasteiger partial charge is 0.384 e. The lowest BCUT2D eigenvalue weighted by Gasteiger charge is -2.05. The molecule has 1 amide bonds. The minimum atomic E-state index is -0.239. The van der Waals surface area contributed by atoms with Crippen molar-refractivity contribution >= 4 is 17.3 Å². The van der Waals surface area contributed by atoms with E-state index in [1.165, 1.54) is 0 Å². The van der Waals surface area contributed by atoms with Crippen LogP contribution in [0.5, 0.6) is 0 Å². The second-order valence-corrected chi connectivity index (χ2v) is 4.72. The number of carbonyl (C=O) groups is 1. The fourth-order valence-electron chi connectivity index (χ4n) is 1.72. The third-order valence-electron chi connectivity index (χ3n) is 2.77. The number of anilines is 2. The first kappa shape index (κ1) is 14.0. The highest BCUT2D eigenvalue weighted by Gasteiger charge is 2.09. The van der Waals surface area contributed by atoms with Crippen molar-refractivity contribution in [3.8, 4) is 0 Å². The average Bonchev–Trinajstić information content (AvgIpc) is 2.88. The molecule has 2 aromatic rings. The smallest absolute Gasteiger partial charge is 0.274 e. The van der Waals surface area contributed by atoms with Crippen LogP contribution in [0.1, 0.15) is 37.3 Å². The molecule has 0 unspecified atom stereocenters. The number of nitrogens with one attached hydrogen (secondary N) is 2. The summed E-state index contributed by atoms with van der Waals surface area (Å²) in [6.07, 6.45) is 5.08. The molecule has 0 aliphatic rings. The van der Waals surface area contributed by atoms with Gasteiger partial charge in [-0.15, -0.1) is 0 Å². The van der Waals surface area contributed by atoms with Gasteiger partial charge in [0.1, 0.15) is 5.69 Å². The summed E-state index contributed by atoms with van der Waals surface area (Å²) in [5.74, 6) is -0.239. The topological polar surface area (TPSA) is 71.8 Å². The summed E-state index contributed by atoms with van der Waals surface area (Å²) in [5.41, 5.74) is 1.95. The van der Waals surface area contributed by atoms with E-state index >= 15 is 0 Å². The number of nitrogens with zero attached hydrogens (tertiary/aromatic N) is 3. The lowest BCUT2D eigenvalue weighted by atomic mass is 10.3. The number of amides is 1. The zero-order valence-electron chi connectivity index (χ0n) is 11.9. The number of hydrogen-bond acceptors (Lipinski definition) is 4. The van der Waals surface area contributed by atoms with E-state index in [1.807, 2.05) is 26.8 Å². The van der Waals surface area contributed by atoms with Gasteiger partial charge in [-0.2, -0.15) is 5.10 Å². The normalized spacial score (nSPS) is 10.6. The van der Waals surface area contributed by atoms with Gasteiger partial charge < -0.3 is 10.6 Å². The standard InChI is InChI=1S/C14H19N5O/c1-4-15-11-5-6-13(16-7-11)14(20)18-12-8-17-19(9-12)10(2)3/h5-10,15H,4H2,1-3H3,(H,18,20). The molecule has 6 nitrogen and oxygen atoms in total. The highest BCUT2D eigenvalue weighted by Crippen LogP contribution is 2.12. The van der Waals surface area contributed by atoms with Crippen molar-refractivity contribution in [3.63, 3.8) is 0 Å². The third-order valence-corrected chi connectivity index (χ3v) is 2.77. The Labute approximate surface area is 118 Å². The van der Waals surface area contributed by atoms with Crippen molar-refractivity contribution in [2.45, 2.75) is 26.8 Å². The Morgan fingerprint density at radius 3 is 2.65 bits per heavy atom. The molecule has 106 valence electrons. The van der Waals surface area contributed by atoms with Gasteiger partial charge in [0, 0.05) is 18.8 Å². The molecule has 0 aliphatic carbocycles. The minimum Gasteiger partial charge on any atom is -0.384 e. The molecular formula is C14H19N5O. The van der Waals surface area contributed by atoms with E-state index in [9.17, 15) is 4.79 Å². The number of rotatable bonds is 5. The summed E-state index contributed by atoms with van der Waals surface area (Å²) in [4.78, 5) is 16.2. The van der Waals surface area contributed by atoms with Gasteiger partial charge in [-0.25, -0.2) is 4.98 Å². The maximum Gasteiger partial charge on any atom is 0.274 e. The van der Waals surface area contributed by atoms with E-state index in [0.717, 1.165) is 12.2 Å². The Hall–Kier alpha value is -2.37. The first-order valence-electron chi connectivity index (χ1n) is 6.65. The van der Waals surface area contributed by atoms with Crippen LogP contribution >= 0.6 is 0 Å². The molecule has 0 radical (unpaired) electrons. The van der Waals surface area contributed by atoms with Gasteiger partial charge in [0.2, 0.25) is 0 Å². The van der Waals surface area contributed by atoms with Crippen LogP contribution < -0.4 is 10.6 Å². The van der Waals surface area contributed by atoms with Crippen LogP contribution in [0.3, 0.4) is 0 Å². The van der Waals surface area contributed by atoms with E-state index in [4.69, 9.17) is 0 Å². The number of aromatic nitrogens is 3. The molecule has 2 rings (SSSR count). The van der Waals surface area contributed by atoms with E-state index in [0.29, 0.717) is 11.4 Å². The van der Waals surface area contributed by atoms with Gasteiger partial charge in [-0.1, -0.05) is 0 Å². The molecule has 2 aromatic heterocycles. The van der Waals surface area contributed by atoms with Gasteiger partial charge in [-0.05, 0) is 32.9 Å². The Morgan fingerprint density at radius 1 is 1.30 bits per heavy atom. The molecule has 20 heavy (non-hydrogen) atoms.